The Morgan fingerprint density at radius 3 is 2.59 bits per heavy atom. The van der Waals surface area contributed by atoms with E-state index in [1.54, 1.807) is 44.6 Å². The number of aromatic hydroxyl groups is 1. The largest absolute Gasteiger partial charge is 0.506 e. The van der Waals surface area contributed by atoms with Crippen LogP contribution in [-0.4, -0.2) is 40.4 Å². The molecule has 8 nitrogen and oxygen atoms in total. The number of phenols is 1. The Morgan fingerprint density at radius 2 is 1.88 bits per heavy atom. The third-order valence-corrected chi connectivity index (χ3v) is 5.59. The molecule has 9 heteroatoms. The van der Waals surface area contributed by atoms with Crippen LogP contribution in [0.4, 0.5) is 5.69 Å². The summed E-state index contributed by atoms with van der Waals surface area (Å²) in [5.74, 6) is 0.988. The molecule has 0 bridgehead atoms. The molecule has 0 unspecified atom stereocenters. The van der Waals surface area contributed by atoms with E-state index >= 15 is 0 Å². The highest BCUT2D eigenvalue weighted by Crippen LogP contribution is 2.41. The van der Waals surface area contributed by atoms with Crippen LogP contribution < -0.4 is 14.8 Å². The van der Waals surface area contributed by atoms with Crippen LogP contribution in [0.25, 0.3) is 16.8 Å². The smallest absolute Gasteiger partial charge is 0.248 e. The second-order valence-corrected chi connectivity index (χ2v) is 7.68. The predicted octanol–water partition coefficient (Wildman–Crippen LogP) is 4.48. The van der Waals surface area contributed by atoms with E-state index in [1.807, 2.05) is 24.3 Å². The summed E-state index contributed by atoms with van der Waals surface area (Å²) in [5.41, 5.74) is 1.36. The molecule has 0 atom stereocenters. The lowest BCUT2D eigenvalue weighted by Gasteiger charge is -2.12. The van der Waals surface area contributed by atoms with Gasteiger partial charge in [-0.1, -0.05) is 30.3 Å². The fourth-order valence-corrected chi connectivity index (χ4v) is 3.96. The minimum absolute atomic E-state index is 0.112. The van der Waals surface area contributed by atoms with Crippen molar-refractivity contribution in [3.63, 3.8) is 0 Å². The van der Waals surface area contributed by atoms with Crippen LogP contribution in [-0.2, 0) is 4.79 Å². The molecule has 162 valence electrons. The van der Waals surface area contributed by atoms with Crippen molar-refractivity contribution in [3.05, 3.63) is 66.5 Å². The van der Waals surface area contributed by atoms with Gasteiger partial charge >= 0.3 is 0 Å². The van der Waals surface area contributed by atoms with Gasteiger partial charge in [0.1, 0.15) is 12.1 Å². The number of aromatic amines is 1. The molecule has 3 aromatic carbocycles. The highest BCUT2D eigenvalue weighted by molar-refractivity contribution is 7.99. The van der Waals surface area contributed by atoms with E-state index in [0.29, 0.717) is 32.6 Å². The number of hydrogen-bond acceptors (Lipinski definition) is 7. The van der Waals surface area contributed by atoms with Gasteiger partial charge in [0.2, 0.25) is 5.91 Å². The SMILES string of the molecule is COc1ccc(/C=C/C(=O)Nc2cc(Sc3ncn[nH]3)c(O)c3ccccc23)cc1OC. The molecule has 1 aromatic heterocycles. The van der Waals surface area contributed by atoms with E-state index in [1.165, 1.54) is 24.2 Å². The first-order valence-electron chi connectivity index (χ1n) is 9.58. The van der Waals surface area contributed by atoms with Crippen molar-refractivity contribution in [1.82, 2.24) is 15.2 Å². The van der Waals surface area contributed by atoms with Crippen molar-refractivity contribution in [2.24, 2.45) is 0 Å². The first kappa shape index (κ1) is 21.3. The number of nitrogens with one attached hydrogen (secondary N) is 2. The molecule has 0 aliphatic heterocycles. The quantitative estimate of drug-likeness (QED) is 0.282. The van der Waals surface area contributed by atoms with Crippen LogP contribution in [0, 0.1) is 0 Å². The van der Waals surface area contributed by atoms with Crippen molar-refractivity contribution in [1.29, 1.82) is 0 Å². The number of hydrogen-bond donors (Lipinski definition) is 3. The van der Waals surface area contributed by atoms with Crippen molar-refractivity contribution in [2.45, 2.75) is 10.1 Å². The number of fused-ring (bicyclic) bond motifs is 1. The molecular weight excluding hydrogens is 428 g/mol. The number of benzene rings is 3. The number of phenolic OH excluding ortho intramolecular Hbond substituents is 1. The predicted molar refractivity (Wildman–Crippen MR) is 123 cm³/mol. The van der Waals surface area contributed by atoms with Crippen molar-refractivity contribution in [2.75, 3.05) is 19.5 Å². The highest BCUT2D eigenvalue weighted by Gasteiger charge is 2.14. The molecule has 0 fully saturated rings. The zero-order chi connectivity index (χ0) is 22.5. The van der Waals surface area contributed by atoms with Gasteiger partial charge in [0.25, 0.3) is 0 Å². The van der Waals surface area contributed by atoms with Crippen LogP contribution in [0.1, 0.15) is 5.56 Å². The maximum absolute atomic E-state index is 12.7. The van der Waals surface area contributed by atoms with Gasteiger partial charge in [-0.25, -0.2) is 4.98 Å². The summed E-state index contributed by atoms with van der Waals surface area (Å²) in [7, 11) is 3.13. The summed E-state index contributed by atoms with van der Waals surface area (Å²) in [6.07, 6.45) is 4.51. The fourth-order valence-electron chi connectivity index (χ4n) is 3.17. The number of anilines is 1. The Balaban J connectivity index is 1.61. The minimum atomic E-state index is -0.314. The molecule has 0 radical (unpaired) electrons. The summed E-state index contributed by atoms with van der Waals surface area (Å²) >= 11 is 1.22. The van der Waals surface area contributed by atoms with Crippen LogP contribution in [0.15, 0.2) is 71.0 Å². The lowest BCUT2D eigenvalue weighted by molar-refractivity contribution is -0.111. The maximum Gasteiger partial charge on any atom is 0.248 e. The molecular formula is C23H20N4O4S. The second kappa shape index (κ2) is 9.44. The molecule has 0 spiro atoms. The monoisotopic (exact) mass is 448 g/mol. The molecule has 4 aromatic rings. The molecule has 1 amide bonds. The molecule has 0 aliphatic carbocycles. The number of methoxy groups -OCH3 is 2. The van der Waals surface area contributed by atoms with Crippen LogP contribution >= 0.6 is 11.8 Å². The normalized spacial score (nSPS) is 11.1. The zero-order valence-corrected chi connectivity index (χ0v) is 18.1. The number of rotatable bonds is 7. The minimum Gasteiger partial charge on any atom is -0.506 e. The molecule has 0 aliphatic rings. The maximum atomic E-state index is 12.7. The van der Waals surface area contributed by atoms with E-state index in [2.05, 4.69) is 20.5 Å². The number of carbonyl (C=O) groups excluding carboxylic acids is 1. The van der Waals surface area contributed by atoms with Gasteiger partial charge in [-0.2, -0.15) is 5.10 Å². The molecule has 4 rings (SSSR count). The fraction of sp³-hybridized carbons (Fsp3) is 0.0870. The van der Waals surface area contributed by atoms with Gasteiger partial charge in [0.05, 0.1) is 24.8 Å². The van der Waals surface area contributed by atoms with Crippen molar-refractivity contribution in [3.8, 4) is 17.2 Å². The van der Waals surface area contributed by atoms with Crippen LogP contribution in [0.2, 0.25) is 0 Å². The Hall–Kier alpha value is -3.98. The lowest BCUT2D eigenvalue weighted by Crippen LogP contribution is -2.08. The summed E-state index contributed by atoms with van der Waals surface area (Å²) in [4.78, 5) is 17.3. The molecule has 1 heterocycles. The van der Waals surface area contributed by atoms with E-state index in [4.69, 9.17) is 9.47 Å². The van der Waals surface area contributed by atoms with E-state index in [-0.39, 0.29) is 11.7 Å². The Morgan fingerprint density at radius 1 is 1.09 bits per heavy atom. The number of nitrogens with zero attached hydrogens (tertiary/aromatic N) is 2. The third-order valence-electron chi connectivity index (χ3n) is 4.67. The number of aromatic nitrogens is 3. The van der Waals surface area contributed by atoms with E-state index in [9.17, 15) is 9.90 Å². The van der Waals surface area contributed by atoms with Crippen LogP contribution in [0.3, 0.4) is 0 Å². The number of amides is 1. The Labute approximate surface area is 188 Å². The number of carbonyl (C=O) groups is 1. The number of ether oxygens (including phenoxy) is 2. The first-order valence-corrected chi connectivity index (χ1v) is 10.4. The van der Waals surface area contributed by atoms with Gasteiger partial charge in [-0.3, -0.25) is 9.89 Å². The lowest BCUT2D eigenvalue weighted by atomic mass is 10.1. The Bertz CT molecular complexity index is 1290. The summed E-state index contributed by atoms with van der Waals surface area (Å²) < 4.78 is 10.5. The molecule has 3 N–H and O–H groups in total. The zero-order valence-electron chi connectivity index (χ0n) is 17.3. The van der Waals surface area contributed by atoms with Gasteiger partial charge in [0, 0.05) is 16.8 Å². The average Bonchev–Trinajstić information content (AvgIpc) is 3.33. The summed E-state index contributed by atoms with van der Waals surface area (Å²) in [6, 6.07) is 14.4. The van der Waals surface area contributed by atoms with Gasteiger partial charge < -0.3 is 19.9 Å². The molecule has 32 heavy (non-hydrogen) atoms. The van der Waals surface area contributed by atoms with Gasteiger partial charge in [-0.05, 0) is 41.6 Å². The van der Waals surface area contributed by atoms with Crippen molar-refractivity contribution >= 4 is 40.2 Å². The summed E-state index contributed by atoms with van der Waals surface area (Å²) in [5, 5.41) is 22.1. The Kier molecular flexibility index (Phi) is 6.27. The molecule has 0 saturated carbocycles. The standard InChI is InChI=1S/C23H20N4O4S/c1-30-18-9-7-14(11-19(18)31-2)8-10-21(28)26-17-12-20(32-23-24-13-25-27-23)22(29)16-6-4-3-5-15(16)17/h3-13,29H,1-2H3,(H,26,28)(H,24,25,27)/b10-8+. The van der Waals surface area contributed by atoms with Gasteiger partial charge in [-0.15, -0.1) is 0 Å². The number of H-pyrrole nitrogens is 1. The second-order valence-electron chi connectivity index (χ2n) is 6.65. The van der Waals surface area contributed by atoms with E-state index < -0.39 is 0 Å². The highest BCUT2D eigenvalue weighted by atomic mass is 32.2. The first-order chi connectivity index (χ1) is 15.6. The molecule has 0 saturated heterocycles. The average molecular weight is 449 g/mol. The topological polar surface area (TPSA) is 109 Å². The third kappa shape index (κ3) is 4.52. The van der Waals surface area contributed by atoms with E-state index in [0.717, 1.165) is 10.9 Å². The van der Waals surface area contributed by atoms with Crippen LogP contribution in [0.5, 0.6) is 17.2 Å². The summed E-state index contributed by atoms with van der Waals surface area (Å²) in [6.45, 7) is 0. The van der Waals surface area contributed by atoms with Gasteiger partial charge in [0.15, 0.2) is 16.7 Å². The van der Waals surface area contributed by atoms with Crippen molar-refractivity contribution < 1.29 is 19.4 Å².